The number of aromatic nitrogens is 1. The van der Waals surface area contributed by atoms with E-state index in [1.807, 2.05) is 6.92 Å². The summed E-state index contributed by atoms with van der Waals surface area (Å²) in [5.74, 6) is 0. The molecule has 0 bridgehead atoms. The van der Waals surface area contributed by atoms with Crippen molar-refractivity contribution in [1.82, 2.24) is 10.3 Å². The van der Waals surface area contributed by atoms with E-state index in [4.69, 9.17) is 0 Å². The number of aliphatic hydroxyl groups is 1. The highest BCUT2D eigenvalue weighted by atomic mass is 32.1. The van der Waals surface area contributed by atoms with Crippen molar-refractivity contribution in [2.45, 2.75) is 45.2 Å². The van der Waals surface area contributed by atoms with Crippen LogP contribution in [0, 0.1) is 13.8 Å². The minimum atomic E-state index is 0.130. The molecule has 1 aliphatic rings. The Kier molecular flexibility index (Phi) is 5.87. The van der Waals surface area contributed by atoms with Gasteiger partial charge in [-0.05, 0) is 38.7 Å². The Balaban J connectivity index is 1.50. The molecule has 24 heavy (non-hydrogen) atoms. The maximum atomic E-state index is 9.74. The molecule has 1 fully saturated rings. The minimum Gasteiger partial charge on any atom is -0.395 e. The molecule has 2 N–H and O–H groups in total. The number of anilines is 1. The number of aliphatic hydroxyl groups excluding tert-OH is 1. The van der Waals surface area contributed by atoms with Crippen LogP contribution in [0.2, 0.25) is 0 Å². The zero-order chi connectivity index (χ0) is 16.9. The average Bonchev–Trinajstić information content (AvgIpc) is 3.01. The Hall–Kier alpha value is -1.43. The molecule has 2 aromatic rings. The Bertz CT molecular complexity index is 650. The molecule has 0 saturated carbocycles. The largest absolute Gasteiger partial charge is 0.395 e. The first kappa shape index (κ1) is 17.4. The van der Waals surface area contributed by atoms with Gasteiger partial charge in [-0.25, -0.2) is 4.98 Å². The van der Waals surface area contributed by atoms with Gasteiger partial charge in [-0.2, -0.15) is 0 Å². The number of hydrogen-bond donors (Lipinski definition) is 2. The van der Waals surface area contributed by atoms with Gasteiger partial charge in [-0.3, -0.25) is 0 Å². The molecular formula is C19H27N3OS. The van der Waals surface area contributed by atoms with Crippen molar-refractivity contribution in [2.75, 3.05) is 24.6 Å². The molecule has 1 aromatic carbocycles. The van der Waals surface area contributed by atoms with Gasteiger partial charge in [-0.15, -0.1) is 11.3 Å². The third-order valence-corrected chi connectivity index (χ3v) is 5.65. The molecule has 1 atom stereocenters. The summed E-state index contributed by atoms with van der Waals surface area (Å²) in [6.07, 6.45) is 3.08. The van der Waals surface area contributed by atoms with Crippen LogP contribution in [0.1, 0.15) is 29.7 Å². The van der Waals surface area contributed by atoms with Gasteiger partial charge in [0.25, 0.3) is 0 Å². The summed E-state index contributed by atoms with van der Waals surface area (Å²) in [5, 5.41) is 16.7. The van der Waals surface area contributed by atoms with Gasteiger partial charge in [0.1, 0.15) is 0 Å². The third-order valence-electron chi connectivity index (χ3n) is 4.63. The maximum Gasteiger partial charge on any atom is 0.185 e. The molecule has 5 heteroatoms. The predicted molar refractivity (Wildman–Crippen MR) is 101 cm³/mol. The van der Waals surface area contributed by atoms with Crippen LogP contribution in [-0.4, -0.2) is 41.9 Å². The van der Waals surface area contributed by atoms with Crippen LogP contribution in [0.4, 0.5) is 5.13 Å². The Morgan fingerprint density at radius 1 is 1.33 bits per heavy atom. The van der Waals surface area contributed by atoms with E-state index in [2.05, 4.69) is 51.8 Å². The quantitative estimate of drug-likeness (QED) is 0.845. The van der Waals surface area contributed by atoms with Crippen molar-refractivity contribution in [3.05, 3.63) is 46.5 Å². The number of thiazole rings is 1. The zero-order valence-electron chi connectivity index (χ0n) is 14.5. The Morgan fingerprint density at radius 2 is 2.12 bits per heavy atom. The first-order valence-electron chi connectivity index (χ1n) is 8.73. The number of piperidine rings is 1. The van der Waals surface area contributed by atoms with E-state index in [-0.39, 0.29) is 12.6 Å². The van der Waals surface area contributed by atoms with Gasteiger partial charge in [0, 0.05) is 30.6 Å². The van der Waals surface area contributed by atoms with E-state index < -0.39 is 0 Å². The highest BCUT2D eigenvalue weighted by Gasteiger charge is 2.23. The highest BCUT2D eigenvalue weighted by molar-refractivity contribution is 7.13. The van der Waals surface area contributed by atoms with E-state index in [9.17, 15) is 5.11 Å². The van der Waals surface area contributed by atoms with Crippen molar-refractivity contribution in [2.24, 2.45) is 0 Å². The van der Waals surface area contributed by atoms with Gasteiger partial charge in [0.05, 0.1) is 12.3 Å². The second-order valence-electron chi connectivity index (χ2n) is 6.77. The second-order valence-corrected chi connectivity index (χ2v) is 7.61. The van der Waals surface area contributed by atoms with Crippen LogP contribution >= 0.6 is 11.3 Å². The summed E-state index contributed by atoms with van der Waals surface area (Å²) in [6.45, 7) is 6.41. The van der Waals surface area contributed by atoms with Crippen molar-refractivity contribution in [1.29, 1.82) is 0 Å². The normalized spacial score (nSPS) is 17.2. The molecule has 0 spiro atoms. The van der Waals surface area contributed by atoms with Gasteiger partial charge < -0.3 is 15.3 Å². The van der Waals surface area contributed by atoms with Crippen molar-refractivity contribution in [3.63, 3.8) is 0 Å². The summed E-state index contributed by atoms with van der Waals surface area (Å²) in [6, 6.07) is 9.16. The first-order valence-corrected chi connectivity index (χ1v) is 9.61. The van der Waals surface area contributed by atoms with Gasteiger partial charge in [0.15, 0.2) is 5.13 Å². The molecule has 1 unspecified atom stereocenters. The fourth-order valence-electron chi connectivity index (χ4n) is 3.36. The molecule has 3 rings (SSSR count). The summed E-state index contributed by atoms with van der Waals surface area (Å²) in [4.78, 5) is 6.96. The molecular weight excluding hydrogens is 318 g/mol. The molecule has 130 valence electrons. The number of nitrogens with zero attached hydrogens (tertiary/aromatic N) is 2. The van der Waals surface area contributed by atoms with Crippen LogP contribution in [-0.2, 0) is 6.42 Å². The molecule has 0 aliphatic carbocycles. The average molecular weight is 346 g/mol. The Labute approximate surface area is 148 Å². The molecule has 1 aliphatic heterocycles. The number of aryl methyl sites for hydroxylation is 2. The summed E-state index contributed by atoms with van der Waals surface area (Å²) >= 11 is 1.73. The van der Waals surface area contributed by atoms with Crippen LogP contribution in [0.3, 0.4) is 0 Å². The topological polar surface area (TPSA) is 48.4 Å². The van der Waals surface area contributed by atoms with Crippen molar-refractivity contribution < 1.29 is 5.11 Å². The van der Waals surface area contributed by atoms with Crippen LogP contribution in [0.25, 0.3) is 0 Å². The maximum absolute atomic E-state index is 9.74. The second kappa shape index (κ2) is 8.10. The fourth-order valence-corrected chi connectivity index (χ4v) is 4.21. The highest BCUT2D eigenvalue weighted by Crippen LogP contribution is 2.24. The molecule has 2 heterocycles. The predicted octanol–water partition coefficient (Wildman–Crippen LogP) is 2.92. The summed E-state index contributed by atoms with van der Waals surface area (Å²) in [7, 11) is 0. The monoisotopic (exact) mass is 345 g/mol. The lowest BCUT2D eigenvalue weighted by Crippen LogP contribution is -2.48. The van der Waals surface area contributed by atoms with Gasteiger partial charge in [-0.1, -0.05) is 29.8 Å². The van der Waals surface area contributed by atoms with Gasteiger partial charge >= 0.3 is 0 Å². The van der Waals surface area contributed by atoms with Crippen LogP contribution < -0.4 is 10.2 Å². The van der Waals surface area contributed by atoms with Crippen molar-refractivity contribution in [3.8, 4) is 0 Å². The van der Waals surface area contributed by atoms with Crippen molar-refractivity contribution >= 4 is 16.5 Å². The first-order chi connectivity index (χ1) is 11.6. The van der Waals surface area contributed by atoms with E-state index in [1.54, 1.807) is 11.3 Å². The Morgan fingerprint density at radius 3 is 2.75 bits per heavy atom. The molecule has 1 saturated heterocycles. The molecule has 4 nitrogen and oxygen atoms in total. The number of hydrogen-bond acceptors (Lipinski definition) is 5. The third kappa shape index (κ3) is 4.56. The van der Waals surface area contributed by atoms with E-state index in [1.165, 1.54) is 11.1 Å². The van der Waals surface area contributed by atoms with Gasteiger partial charge in [0.2, 0.25) is 0 Å². The smallest absolute Gasteiger partial charge is 0.185 e. The lowest BCUT2D eigenvalue weighted by molar-refractivity contribution is 0.222. The SMILES string of the molecule is Cc1cccc(CC(CO)NC2CCN(c3nc(C)cs3)CC2)c1. The zero-order valence-corrected chi connectivity index (χ0v) is 15.4. The van der Waals surface area contributed by atoms with Crippen LogP contribution in [0.5, 0.6) is 0 Å². The molecule has 0 radical (unpaired) electrons. The standard InChI is InChI=1S/C19H27N3OS/c1-14-4-3-5-16(10-14)11-18(12-23)21-17-6-8-22(9-7-17)19-20-15(2)13-24-19/h3-5,10,13,17-18,21,23H,6-9,11-12H2,1-2H3. The summed E-state index contributed by atoms with van der Waals surface area (Å²) < 4.78 is 0. The van der Waals surface area contributed by atoms with Crippen LogP contribution in [0.15, 0.2) is 29.6 Å². The molecule has 0 amide bonds. The summed E-state index contributed by atoms with van der Waals surface area (Å²) in [5.41, 5.74) is 3.67. The fraction of sp³-hybridized carbons (Fsp3) is 0.526. The lowest BCUT2D eigenvalue weighted by atomic mass is 10.0. The van der Waals surface area contributed by atoms with E-state index in [0.29, 0.717) is 6.04 Å². The molecule has 1 aromatic heterocycles. The van der Waals surface area contributed by atoms with E-state index >= 15 is 0 Å². The minimum absolute atomic E-state index is 0.130. The van der Waals surface area contributed by atoms with E-state index in [0.717, 1.165) is 43.2 Å². The number of benzene rings is 1. The lowest BCUT2D eigenvalue weighted by Gasteiger charge is -2.34. The number of rotatable bonds is 6. The number of nitrogens with one attached hydrogen (secondary N) is 1.